The van der Waals surface area contributed by atoms with E-state index in [1.165, 1.54) is 14.2 Å². The van der Waals surface area contributed by atoms with E-state index in [1.54, 1.807) is 0 Å². The molecule has 1 fully saturated rings. The highest BCUT2D eigenvalue weighted by Crippen LogP contribution is 2.26. The summed E-state index contributed by atoms with van der Waals surface area (Å²) in [5.41, 5.74) is 1.45. The quantitative estimate of drug-likeness (QED) is 0.885. The Hall–Kier alpha value is -0.680. The van der Waals surface area contributed by atoms with Crippen LogP contribution in [0.5, 0.6) is 0 Å². The summed E-state index contributed by atoms with van der Waals surface area (Å²) in [5.74, 6) is 0. The summed E-state index contributed by atoms with van der Waals surface area (Å²) in [5, 5.41) is 3.70. The predicted octanol–water partition coefficient (Wildman–Crippen LogP) is 3.87. The van der Waals surface area contributed by atoms with Gasteiger partial charge in [0.25, 0.3) is 0 Å². The van der Waals surface area contributed by atoms with Gasteiger partial charge in [-0.1, -0.05) is 30.3 Å². The molecule has 1 aromatic carbocycles. The highest BCUT2D eigenvalue weighted by molar-refractivity contribution is 9.11. The van der Waals surface area contributed by atoms with Gasteiger partial charge in [0.05, 0.1) is 9.33 Å². The number of thiophene rings is 1. The zero-order valence-corrected chi connectivity index (χ0v) is 14.7. The average Bonchev–Trinajstić information content (AvgIpc) is 2.92. The molecule has 0 aliphatic carbocycles. The largest absolute Gasteiger partial charge is 0.305 e. The van der Waals surface area contributed by atoms with Gasteiger partial charge in [0.15, 0.2) is 0 Å². The van der Waals surface area contributed by atoms with E-state index in [1.807, 2.05) is 11.3 Å². The van der Waals surface area contributed by atoms with Crippen LogP contribution in [0.3, 0.4) is 0 Å². The van der Waals surface area contributed by atoms with Gasteiger partial charge in [-0.05, 0) is 47.0 Å². The van der Waals surface area contributed by atoms with E-state index in [4.69, 9.17) is 0 Å². The normalized spacial score (nSPS) is 23.3. The van der Waals surface area contributed by atoms with Crippen molar-refractivity contribution in [3.8, 4) is 0 Å². The maximum atomic E-state index is 3.70. The minimum Gasteiger partial charge on any atom is -0.305 e. The third-order valence-electron chi connectivity index (χ3n) is 4.20. The number of nitrogens with zero attached hydrogens (tertiary/aromatic N) is 1. The van der Waals surface area contributed by atoms with Crippen molar-refractivity contribution in [2.24, 2.45) is 0 Å². The molecule has 21 heavy (non-hydrogen) atoms. The summed E-state index contributed by atoms with van der Waals surface area (Å²) in [6.07, 6.45) is 1.14. The van der Waals surface area contributed by atoms with E-state index in [0.29, 0.717) is 0 Å². The second kappa shape index (κ2) is 6.61. The van der Waals surface area contributed by atoms with Gasteiger partial charge in [-0.2, -0.15) is 0 Å². The standard InChI is InChI=1S/C17H21BrN2S/c1-17(14-5-3-2-4-6-14)13-20(12-10-19-17)11-9-15-7-8-16(18)21-15/h2-8,19H,9-13H2,1H3. The Balaban J connectivity index is 1.63. The van der Waals surface area contributed by atoms with E-state index in [9.17, 15) is 0 Å². The summed E-state index contributed by atoms with van der Waals surface area (Å²) < 4.78 is 1.23. The first-order chi connectivity index (χ1) is 10.2. The fourth-order valence-corrected chi connectivity index (χ4v) is 4.49. The lowest BCUT2D eigenvalue weighted by Gasteiger charge is -2.42. The molecule has 112 valence electrons. The molecule has 0 amide bonds. The first-order valence-electron chi connectivity index (χ1n) is 7.43. The van der Waals surface area contributed by atoms with E-state index >= 15 is 0 Å². The fraction of sp³-hybridized carbons (Fsp3) is 0.412. The van der Waals surface area contributed by atoms with Gasteiger partial charge in [0, 0.05) is 31.1 Å². The van der Waals surface area contributed by atoms with E-state index < -0.39 is 0 Å². The molecule has 2 nitrogen and oxygen atoms in total. The first kappa shape index (κ1) is 15.2. The van der Waals surface area contributed by atoms with Gasteiger partial charge in [-0.3, -0.25) is 4.90 Å². The third kappa shape index (κ3) is 3.75. The molecule has 2 aromatic rings. The van der Waals surface area contributed by atoms with Gasteiger partial charge < -0.3 is 5.32 Å². The molecule has 1 saturated heterocycles. The van der Waals surface area contributed by atoms with Gasteiger partial charge in [-0.15, -0.1) is 11.3 Å². The molecule has 0 radical (unpaired) electrons. The molecular formula is C17H21BrN2S. The van der Waals surface area contributed by atoms with Crippen molar-refractivity contribution in [2.45, 2.75) is 18.9 Å². The Morgan fingerprint density at radius 3 is 2.76 bits per heavy atom. The monoisotopic (exact) mass is 364 g/mol. The van der Waals surface area contributed by atoms with E-state index in [2.05, 4.69) is 75.5 Å². The van der Waals surface area contributed by atoms with Crippen molar-refractivity contribution in [3.63, 3.8) is 0 Å². The van der Waals surface area contributed by atoms with Crippen LogP contribution < -0.4 is 5.32 Å². The smallest absolute Gasteiger partial charge is 0.0701 e. The molecule has 1 aliphatic rings. The molecular weight excluding hydrogens is 344 g/mol. The van der Waals surface area contributed by atoms with Crippen molar-refractivity contribution in [1.82, 2.24) is 10.2 Å². The molecule has 3 rings (SSSR count). The number of hydrogen-bond acceptors (Lipinski definition) is 3. The molecule has 1 aromatic heterocycles. The van der Waals surface area contributed by atoms with Gasteiger partial charge in [0.2, 0.25) is 0 Å². The Kier molecular flexibility index (Phi) is 4.79. The van der Waals surface area contributed by atoms with E-state index in [-0.39, 0.29) is 5.54 Å². The summed E-state index contributed by atoms with van der Waals surface area (Å²) in [4.78, 5) is 4.04. The van der Waals surface area contributed by atoms with Crippen molar-refractivity contribution < 1.29 is 0 Å². The van der Waals surface area contributed by atoms with Crippen LogP contribution in [0.1, 0.15) is 17.4 Å². The molecule has 0 bridgehead atoms. The Morgan fingerprint density at radius 1 is 1.24 bits per heavy atom. The van der Waals surface area contributed by atoms with Crippen molar-refractivity contribution in [3.05, 3.63) is 56.7 Å². The highest BCUT2D eigenvalue weighted by Gasteiger charge is 2.31. The molecule has 1 unspecified atom stereocenters. The molecule has 4 heteroatoms. The molecule has 0 spiro atoms. The zero-order valence-electron chi connectivity index (χ0n) is 12.3. The van der Waals surface area contributed by atoms with Gasteiger partial charge >= 0.3 is 0 Å². The lowest BCUT2D eigenvalue weighted by Crippen LogP contribution is -2.56. The second-order valence-corrected chi connectivity index (χ2v) is 8.40. The summed E-state index contributed by atoms with van der Waals surface area (Å²) in [6, 6.07) is 15.2. The van der Waals surface area contributed by atoms with Crippen LogP contribution in [0.4, 0.5) is 0 Å². The fourth-order valence-electron chi connectivity index (χ4n) is 3.02. The highest BCUT2D eigenvalue weighted by atomic mass is 79.9. The number of nitrogens with one attached hydrogen (secondary N) is 1. The molecule has 1 N–H and O–H groups in total. The Labute approximate surface area is 139 Å². The Morgan fingerprint density at radius 2 is 2.05 bits per heavy atom. The number of rotatable bonds is 4. The number of hydrogen-bond donors (Lipinski definition) is 1. The van der Waals surface area contributed by atoms with Crippen molar-refractivity contribution in [2.75, 3.05) is 26.2 Å². The molecule has 1 aliphatic heterocycles. The number of benzene rings is 1. The second-order valence-electron chi connectivity index (χ2n) is 5.86. The maximum absolute atomic E-state index is 3.70. The number of piperazine rings is 1. The van der Waals surface area contributed by atoms with Crippen molar-refractivity contribution >= 4 is 27.3 Å². The lowest BCUT2D eigenvalue weighted by atomic mass is 9.89. The first-order valence-corrected chi connectivity index (χ1v) is 9.04. The van der Waals surface area contributed by atoms with Crippen LogP contribution in [-0.4, -0.2) is 31.1 Å². The minimum absolute atomic E-state index is 0.0650. The number of halogens is 1. The van der Waals surface area contributed by atoms with Gasteiger partial charge in [0.1, 0.15) is 0 Å². The van der Waals surface area contributed by atoms with Crippen LogP contribution in [-0.2, 0) is 12.0 Å². The minimum atomic E-state index is 0.0650. The average molecular weight is 365 g/mol. The SMILES string of the molecule is CC1(c2ccccc2)CN(CCc2ccc(Br)s2)CCN1. The van der Waals surface area contributed by atoms with Crippen LogP contribution in [0.2, 0.25) is 0 Å². The molecule has 2 heterocycles. The van der Waals surface area contributed by atoms with Gasteiger partial charge in [-0.25, -0.2) is 0 Å². The van der Waals surface area contributed by atoms with Crippen LogP contribution in [0.15, 0.2) is 46.3 Å². The topological polar surface area (TPSA) is 15.3 Å². The van der Waals surface area contributed by atoms with E-state index in [0.717, 1.165) is 32.6 Å². The molecule has 1 atom stereocenters. The Bertz CT molecular complexity index is 583. The van der Waals surface area contributed by atoms with Crippen LogP contribution in [0.25, 0.3) is 0 Å². The maximum Gasteiger partial charge on any atom is 0.0701 e. The zero-order chi connectivity index (χ0) is 14.7. The third-order valence-corrected chi connectivity index (χ3v) is 5.88. The van der Waals surface area contributed by atoms with Crippen molar-refractivity contribution in [1.29, 1.82) is 0 Å². The summed E-state index contributed by atoms with van der Waals surface area (Å²) in [7, 11) is 0. The predicted molar refractivity (Wildman–Crippen MR) is 94.0 cm³/mol. The summed E-state index contributed by atoms with van der Waals surface area (Å²) in [6.45, 7) is 6.71. The van der Waals surface area contributed by atoms with Crippen LogP contribution in [0, 0.1) is 0 Å². The molecule has 0 saturated carbocycles. The van der Waals surface area contributed by atoms with Crippen LogP contribution >= 0.6 is 27.3 Å². The lowest BCUT2D eigenvalue weighted by molar-refractivity contribution is 0.144. The summed E-state index contributed by atoms with van der Waals surface area (Å²) >= 11 is 5.39.